The maximum Gasteiger partial charge on any atom is 0.413 e. The number of carbonyl (C=O) groups excluding carboxylic acids is 5. The van der Waals surface area contributed by atoms with Crippen LogP contribution in [-0.2, 0) is 33.5 Å². The fourth-order valence-corrected chi connectivity index (χ4v) is 4.58. The highest BCUT2D eigenvalue weighted by molar-refractivity contribution is 7.14. The van der Waals surface area contributed by atoms with Crippen LogP contribution in [0.25, 0.3) is 0 Å². The third-order valence-corrected chi connectivity index (χ3v) is 6.72. The standard InChI is InChI=1S/C27H40N6O8S/c1-25(2,3)39-22(37)27(7,8)41-32-19(16-14-42-23(29-16)31-24(38)40-26(4,5)6)21(36)30-18-15(28-20(18)35)13-33-12-10-9-11-17(33)34/h14-15,18H,9-13H2,1-8H3,(H,28,35)(H,30,36)(H,29,31,38)/t15-,18+/m1/s1. The number of amides is 4. The molecule has 1 aromatic rings. The van der Waals surface area contributed by atoms with Crippen LogP contribution < -0.4 is 16.0 Å². The molecule has 3 N–H and O–H groups in total. The van der Waals surface area contributed by atoms with Crippen LogP contribution in [0.1, 0.15) is 80.3 Å². The fraction of sp³-hybridized carbons (Fsp3) is 0.667. The van der Waals surface area contributed by atoms with Crippen LogP contribution in [0.3, 0.4) is 0 Å². The van der Waals surface area contributed by atoms with Gasteiger partial charge in [0.15, 0.2) is 10.8 Å². The number of carbonyl (C=O) groups is 5. The minimum absolute atomic E-state index is 0.00000818. The van der Waals surface area contributed by atoms with Gasteiger partial charge in [0.2, 0.25) is 17.4 Å². The first-order chi connectivity index (χ1) is 19.3. The van der Waals surface area contributed by atoms with Gasteiger partial charge < -0.3 is 29.8 Å². The second kappa shape index (κ2) is 12.6. The van der Waals surface area contributed by atoms with Crippen molar-refractivity contribution in [2.45, 2.75) is 104 Å². The van der Waals surface area contributed by atoms with Gasteiger partial charge in [-0.3, -0.25) is 19.7 Å². The molecule has 42 heavy (non-hydrogen) atoms. The maximum atomic E-state index is 13.5. The Bertz CT molecular complexity index is 1250. The number of hydrogen-bond acceptors (Lipinski definition) is 11. The van der Waals surface area contributed by atoms with Crippen molar-refractivity contribution in [1.82, 2.24) is 20.5 Å². The van der Waals surface area contributed by atoms with E-state index in [0.717, 1.165) is 24.2 Å². The number of nitrogens with zero attached hydrogens (tertiary/aromatic N) is 3. The average molecular weight is 609 g/mol. The third kappa shape index (κ3) is 9.13. The van der Waals surface area contributed by atoms with Crippen molar-refractivity contribution >= 4 is 52.0 Å². The highest BCUT2D eigenvalue weighted by atomic mass is 32.1. The van der Waals surface area contributed by atoms with Crippen LogP contribution in [0, 0.1) is 0 Å². The van der Waals surface area contributed by atoms with E-state index in [0.29, 0.717) is 13.0 Å². The summed E-state index contributed by atoms with van der Waals surface area (Å²) in [6.07, 6.45) is 1.40. The van der Waals surface area contributed by atoms with Crippen molar-refractivity contribution in [3.63, 3.8) is 0 Å². The number of likely N-dealkylation sites (tertiary alicyclic amines) is 1. The summed E-state index contributed by atoms with van der Waals surface area (Å²) in [4.78, 5) is 74.5. The first kappa shape index (κ1) is 32.8. The summed E-state index contributed by atoms with van der Waals surface area (Å²) in [5, 5.41) is 13.4. The van der Waals surface area contributed by atoms with Gasteiger partial charge in [-0.05, 0) is 68.2 Å². The molecule has 2 aliphatic heterocycles. The average Bonchev–Trinajstić information content (AvgIpc) is 3.29. The number of esters is 1. The number of thiazole rings is 1. The molecule has 3 rings (SSSR count). The van der Waals surface area contributed by atoms with Gasteiger partial charge in [-0.1, -0.05) is 5.16 Å². The number of nitrogens with one attached hydrogen (secondary N) is 3. The summed E-state index contributed by atoms with van der Waals surface area (Å²) in [5.41, 5.74) is -3.44. The number of anilines is 1. The fourth-order valence-electron chi connectivity index (χ4n) is 3.89. The Morgan fingerprint density at radius 2 is 1.74 bits per heavy atom. The molecule has 3 heterocycles. The van der Waals surface area contributed by atoms with Gasteiger partial charge in [-0.2, -0.15) is 0 Å². The van der Waals surface area contributed by atoms with Crippen molar-refractivity contribution in [3.05, 3.63) is 11.1 Å². The molecular weight excluding hydrogens is 568 g/mol. The minimum atomic E-state index is -1.59. The molecule has 14 nitrogen and oxygen atoms in total. The van der Waals surface area contributed by atoms with Crippen LogP contribution in [0.2, 0.25) is 0 Å². The normalized spacial score (nSPS) is 19.8. The minimum Gasteiger partial charge on any atom is -0.457 e. The van der Waals surface area contributed by atoms with Gasteiger partial charge in [0.25, 0.3) is 5.91 Å². The van der Waals surface area contributed by atoms with Gasteiger partial charge >= 0.3 is 12.1 Å². The number of aromatic nitrogens is 1. The van der Waals surface area contributed by atoms with E-state index in [1.807, 2.05) is 0 Å². The molecule has 2 atom stereocenters. The molecule has 0 unspecified atom stereocenters. The van der Waals surface area contributed by atoms with Crippen molar-refractivity contribution in [1.29, 1.82) is 0 Å². The lowest BCUT2D eigenvalue weighted by Crippen LogP contribution is -2.72. The largest absolute Gasteiger partial charge is 0.457 e. The van der Waals surface area contributed by atoms with Gasteiger partial charge in [0.1, 0.15) is 22.9 Å². The lowest BCUT2D eigenvalue weighted by atomic mass is 9.96. The molecule has 15 heteroatoms. The molecule has 0 saturated carbocycles. The van der Waals surface area contributed by atoms with E-state index in [9.17, 15) is 24.0 Å². The van der Waals surface area contributed by atoms with Crippen LogP contribution in [-0.4, -0.2) is 87.4 Å². The van der Waals surface area contributed by atoms with Gasteiger partial charge in [0, 0.05) is 24.9 Å². The van der Waals surface area contributed by atoms with Crippen molar-refractivity contribution in [2.24, 2.45) is 5.16 Å². The number of oxime groups is 1. The zero-order chi connectivity index (χ0) is 31.5. The predicted molar refractivity (Wildman–Crippen MR) is 154 cm³/mol. The smallest absolute Gasteiger partial charge is 0.413 e. The molecule has 4 amide bonds. The summed E-state index contributed by atoms with van der Waals surface area (Å²) in [5.74, 6) is -1.94. The molecule has 1 aromatic heterocycles. The monoisotopic (exact) mass is 608 g/mol. The summed E-state index contributed by atoms with van der Waals surface area (Å²) in [6, 6.07) is -1.43. The Morgan fingerprint density at radius 3 is 2.33 bits per heavy atom. The van der Waals surface area contributed by atoms with E-state index in [2.05, 4.69) is 26.1 Å². The van der Waals surface area contributed by atoms with Crippen LogP contribution in [0.15, 0.2) is 10.5 Å². The van der Waals surface area contributed by atoms with E-state index < -0.39 is 52.8 Å². The molecule has 0 spiro atoms. The number of hydrogen-bond donors (Lipinski definition) is 3. The Balaban J connectivity index is 1.82. The molecule has 2 saturated heterocycles. The summed E-state index contributed by atoms with van der Waals surface area (Å²) >= 11 is 1.01. The Hall–Kier alpha value is -3.75. The molecular formula is C27H40N6O8S. The van der Waals surface area contributed by atoms with E-state index in [4.69, 9.17) is 14.3 Å². The summed E-state index contributed by atoms with van der Waals surface area (Å²) in [7, 11) is 0. The van der Waals surface area contributed by atoms with E-state index in [-0.39, 0.29) is 29.0 Å². The van der Waals surface area contributed by atoms with Crippen molar-refractivity contribution < 1.29 is 38.3 Å². The van der Waals surface area contributed by atoms with Gasteiger partial charge in [-0.15, -0.1) is 11.3 Å². The highest BCUT2D eigenvalue weighted by Crippen LogP contribution is 2.22. The molecule has 0 radical (unpaired) electrons. The second-order valence-corrected chi connectivity index (χ2v) is 13.4. The zero-order valence-electron chi connectivity index (χ0n) is 25.3. The topological polar surface area (TPSA) is 178 Å². The second-order valence-electron chi connectivity index (χ2n) is 12.6. The molecule has 0 bridgehead atoms. The van der Waals surface area contributed by atoms with Gasteiger partial charge in [0.05, 0.1) is 6.04 Å². The SMILES string of the molecule is CC(C)(C)OC(=O)Nc1nc(C(=NOC(C)(C)C(=O)OC(C)(C)C)C(=O)N[C@@H]2C(=O)N[C@@H]2CN2CCCCC2=O)cs1. The number of rotatable bonds is 9. The first-order valence-electron chi connectivity index (χ1n) is 13.7. The van der Waals surface area contributed by atoms with Gasteiger partial charge in [-0.25, -0.2) is 14.6 Å². The van der Waals surface area contributed by atoms with Crippen LogP contribution >= 0.6 is 11.3 Å². The molecule has 0 aromatic carbocycles. The maximum absolute atomic E-state index is 13.5. The lowest BCUT2D eigenvalue weighted by molar-refractivity contribution is -0.179. The first-order valence-corrected chi connectivity index (χ1v) is 14.6. The van der Waals surface area contributed by atoms with E-state index in [1.54, 1.807) is 46.4 Å². The quantitative estimate of drug-likeness (QED) is 0.164. The van der Waals surface area contributed by atoms with Crippen LogP contribution in [0.5, 0.6) is 0 Å². The third-order valence-electron chi connectivity index (χ3n) is 5.96. The summed E-state index contributed by atoms with van der Waals surface area (Å²) < 4.78 is 10.6. The van der Waals surface area contributed by atoms with Crippen molar-refractivity contribution in [2.75, 3.05) is 18.4 Å². The van der Waals surface area contributed by atoms with Crippen molar-refractivity contribution in [3.8, 4) is 0 Å². The van der Waals surface area contributed by atoms with E-state index >= 15 is 0 Å². The lowest BCUT2D eigenvalue weighted by Gasteiger charge is -2.40. The summed E-state index contributed by atoms with van der Waals surface area (Å²) in [6.45, 7) is 13.9. The molecule has 2 aliphatic rings. The number of piperidine rings is 1. The Labute approximate surface area is 248 Å². The molecule has 0 aliphatic carbocycles. The van der Waals surface area contributed by atoms with Crippen LogP contribution in [0.4, 0.5) is 9.93 Å². The zero-order valence-corrected chi connectivity index (χ0v) is 26.1. The highest BCUT2D eigenvalue weighted by Gasteiger charge is 2.43. The molecule has 232 valence electrons. The predicted octanol–water partition coefficient (Wildman–Crippen LogP) is 2.33. The van der Waals surface area contributed by atoms with E-state index in [1.165, 1.54) is 19.2 Å². The Morgan fingerprint density at radius 1 is 1.07 bits per heavy atom. The number of β-lactam (4-membered cyclic amide) rings is 1. The number of ether oxygens (including phenoxy) is 2. The molecule has 2 fully saturated rings. The Kier molecular flexibility index (Phi) is 9.85.